The molecule has 2 heterocycles. The number of carbonyl (C=O) groups excluding carboxylic acids is 1. The fourth-order valence-electron chi connectivity index (χ4n) is 2.36. The molecule has 0 radical (unpaired) electrons. The van der Waals surface area contributed by atoms with Crippen LogP contribution in [0, 0.1) is 5.92 Å². The Balaban J connectivity index is 1.82. The average Bonchev–Trinajstić information content (AvgIpc) is 2.45. The molecule has 0 aromatic carbocycles. The summed E-state index contributed by atoms with van der Waals surface area (Å²) < 4.78 is 5.43. The second-order valence-corrected chi connectivity index (χ2v) is 6.98. The third-order valence-corrected chi connectivity index (χ3v) is 3.54. The molecule has 1 aliphatic rings. The van der Waals surface area contributed by atoms with Gasteiger partial charge in [-0.1, -0.05) is 11.6 Å². The minimum Gasteiger partial charge on any atom is -0.444 e. The molecule has 1 amide bonds. The summed E-state index contributed by atoms with van der Waals surface area (Å²) in [6, 6.07) is 0. The van der Waals surface area contributed by atoms with Crippen molar-refractivity contribution in [2.45, 2.75) is 39.2 Å². The van der Waals surface area contributed by atoms with Crippen molar-refractivity contribution >= 4 is 23.6 Å². The SMILES string of the molecule is CC(C)(C)OC(=O)N1CCCC(CNc2ncc(Cl)cn2)C1. The fraction of sp³-hybridized carbons (Fsp3) is 0.667. The zero-order valence-electron chi connectivity index (χ0n) is 13.3. The number of piperidine rings is 1. The van der Waals surface area contributed by atoms with Crippen LogP contribution in [0.1, 0.15) is 33.6 Å². The second-order valence-electron chi connectivity index (χ2n) is 6.54. The predicted molar refractivity (Wildman–Crippen MR) is 86.1 cm³/mol. The van der Waals surface area contributed by atoms with Gasteiger partial charge in [0.1, 0.15) is 5.60 Å². The van der Waals surface area contributed by atoms with Gasteiger partial charge in [-0.15, -0.1) is 0 Å². The van der Waals surface area contributed by atoms with Crippen LogP contribution < -0.4 is 5.32 Å². The molecular weight excluding hydrogens is 304 g/mol. The number of likely N-dealkylation sites (tertiary alicyclic amines) is 1. The maximum Gasteiger partial charge on any atom is 0.410 e. The molecule has 1 N–H and O–H groups in total. The molecule has 0 aliphatic carbocycles. The van der Waals surface area contributed by atoms with E-state index in [0.29, 0.717) is 23.4 Å². The van der Waals surface area contributed by atoms with Crippen LogP contribution in [0.25, 0.3) is 0 Å². The smallest absolute Gasteiger partial charge is 0.410 e. The highest BCUT2D eigenvalue weighted by Crippen LogP contribution is 2.19. The van der Waals surface area contributed by atoms with Crippen LogP contribution in [0.3, 0.4) is 0 Å². The van der Waals surface area contributed by atoms with Crippen molar-refractivity contribution in [2.75, 3.05) is 25.0 Å². The summed E-state index contributed by atoms with van der Waals surface area (Å²) in [6.07, 6.45) is 4.93. The normalized spacial score (nSPS) is 18.9. The van der Waals surface area contributed by atoms with Crippen LogP contribution in [0.5, 0.6) is 0 Å². The van der Waals surface area contributed by atoms with Crippen molar-refractivity contribution < 1.29 is 9.53 Å². The van der Waals surface area contributed by atoms with E-state index in [1.165, 1.54) is 0 Å². The van der Waals surface area contributed by atoms with Crippen LogP contribution in [0.4, 0.5) is 10.7 Å². The van der Waals surface area contributed by atoms with E-state index < -0.39 is 5.60 Å². The number of nitrogens with one attached hydrogen (secondary N) is 1. The minimum absolute atomic E-state index is 0.236. The molecule has 2 rings (SSSR count). The monoisotopic (exact) mass is 326 g/mol. The van der Waals surface area contributed by atoms with Crippen LogP contribution in [0.2, 0.25) is 5.02 Å². The maximum absolute atomic E-state index is 12.1. The Morgan fingerprint density at radius 1 is 1.45 bits per heavy atom. The Bertz CT molecular complexity index is 501. The second kappa shape index (κ2) is 7.13. The minimum atomic E-state index is -0.459. The lowest BCUT2D eigenvalue weighted by Gasteiger charge is -2.34. The number of halogens is 1. The van der Waals surface area contributed by atoms with Gasteiger partial charge in [0.25, 0.3) is 0 Å². The maximum atomic E-state index is 12.1. The first kappa shape index (κ1) is 16.8. The summed E-state index contributed by atoms with van der Waals surface area (Å²) in [5.74, 6) is 0.916. The summed E-state index contributed by atoms with van der Waals surface area (Å²) in [5, 5.41) is 3.70. The van der Waals surface area contributed by atoms with Gasteiger partial charge < -0.3 is 15.0 Å². The Morgan fingerprint density at radius 3 is 2.77 bits per heavy atom. The molecule has 6 nitrogen and oxygen atoms in total. The number of carbonyl (C=O) groups is 1. The number of amides is 1. The first-order chi connectivity index (χ1) is 10.3. The number of ether oxygens (including phenoxy) is 1. The lowest BCUT2D eigenvalue weighted by atomic mass is 9.98. The molecular formula is C15H23ClN4O2. The van der Waals surface area contributed by atoms with Crippen molar-refractivity contribution in [3.05, 3.63) is 17.4 Å². The van der Waals surface area contributed by atoms with Crippen molar-refractivity contribution in [1.82, 2.24) is 14.9 Å². The number of nitrogens with zero attached hydrogens (tertiary/aromatic N) is 3. The third kappa shape index (κ3) is 5.33. The first-order valence-electron chi connectivity index (χ1n) is 7.53. The van der Waals surface area contributed by atoms with Gasteiger partial charge in [-0.2, -0.15) is 0 Å². The van der Waals surface area contributed by atoms with Gasteiger partial charge in [-0.3, -0.25) is 0 Å². The van der Waals surface area contributed by atoms with Gasteiger partial charge in [0.05, 0.1) is 17.4 Å². The van der Waals surface area contributed by atoms with Gasteiger partial charge >= 0.3 is 6.09 Å². The predicted octanol–water partition coefficient (Wildman–Crippen LogP) is 3.19. The molecule has 1 atom stereocenters. The van der Waals surface area contributed by atoms with E-state index in [9.17, 15) is 4.79 Å². The molecule has 1 aliphatic heterocycles. The van der Waals surface area contributed by atoms with Gasteiger partial charge in [0.15, 0.2) is 0 Å². The number of hydrogen-bond donors (Lipinski definition) is 1. The zero-order valence-corrected chi connectivity index (χ0v) is 14.1. The van der Waals surface area contributed by atoms with Gasteiger partial charge in [0, 0.05) is 19.6 Å². The van der Waals surface area contributed by atoms with Crippen LogP contribution in [0.15, 0.2) is 12.4 Å². The summed E-state index contributed by atoms with van der Waals surface area (Å²) in [4.78, 5) is 22.1. The van der Waals surface area contributed by atoms with Gasteiger partial charge in [0.2, 0.25) is 5.95 Å². The van der Waals surface area contributed by atoms with E-state index in [1.54, 1.807) is 17.3 Å². The summed E-state index contributed by atoms with van der Waals surface area (Å²) in [7, 11) is 0. The Morgan fingerprint density at radius 2 is 2.14 bits per heavy atom. The quantitative estimate of drug-likeness (QED) is 0.924. The van der Waals surface area contributed by atoms with E-state index in [0.717, 1.165) is 25.9 Å². The largest absolute Gasteiger partial charge is 0.444 e. The van der Waals surface area contributed by atoms with Gasteiger partial charge in [-0.05, 0) is 39.5 Å². The van der Waals surface area contributed by atoms with Crippen LogP contribution in [-0.4, -0.2) is 46.2 Å². The van der Waals surface area contributed by atoms with E-state index >= 15 is 0 Å². The number of anilines is 1. The molecule has 1 unspecified atom stereocenters. The van der Waals surface area contributed by atoms with Crippen molar-refractivity contribution in [1.29, 1.82) is 0 Å². The highest BCUT2D eigenvalue weighted by Gasteiger charge is 2.27. The topological polar surface area (TPSA) is 67.3 Å². The molecule has 0 saturated carbocycles. The molecule has 1 aromatic rings. The number of rotatable bonds is 3. The molecule has 122 valence electrons. The van der Waals surface area contributed by atoms with Crippen molar-refractivity contribution in [3.63, 3.8) is 0 Å². The summed E-state index contributed by atoms with van der Waals surface area (Å²) >= 11 is 5.76. The molecule has 1 saturated heterocycles. The average molecular weight is 327 g/mol. The van der Waals surface area contributed by atoms with Crippen LogP contribution >= 0.6 is 11.6 Å². The first-order valence-corrected chi connectivity index (χ1v) is 7.90. The van der Waals surface area contributed by atoms with E-state index in [4.69, 9.17) is 16.3 Å². The summed E-state index contributed by atoms with van der Waals surface area (Å²) in [6.45, 7) is 7.81. The highest BCUT2D eigenvalue weighted by molar-refractivity contribution is 6.30. The Labute approximate surface area is 136 Å². The Hall–Kier alpha value is -1.56. The molecule has 0 bridgehead atoms. The van der Waals surface area contributed by atoms with E-state index in [2.05, 4.69) is 15.3 Å². The molecule has 22 heavy (non-hydrogen) atoms. The lowest BCUT2D eigenvalue weighted by Crippen LogP contribution is -2.44. The lowest BCUT2D eigenvalue weighted by molar-refractivity contribution is 0.0172. The van der Waals surface area contributed by atoms with Crippen LogP contribution in [-0.2, 0) is 4.74 Å². The Kier molecular flexibility index (Phi) is 5.45. The highest BCUT2D eigenvalue weighted by atomic mass is 35.5. The fourth-order valence-corrected chi connectivity index (χ4v) is 2.46. The zero-order chi connectivity index (χ0) is 16.2. The molecule has 0 spiro atoms. The van der Waals surface area contributed by atoms with E-state index in [1.807, 2.05) is 20.8 Å². The molecule has 1 aromatic heterocycles. The number of aromatic nitrogens is 2. The summed E-state index contributed by atoms with van der Waals surface area (Å²) in [5.41, 5.74) is -0.459. The standard InChI is InChI=1S/C15H23ClN4O2/c1-15(2,3)22-14(21)20-6-4-5-11(10-20)7-17-13-18-8-12(16)9-19-13/h8-9,11H,4-7,10H2,1-3H3,(H,17,18,19). The van der Waals surface area contributed by atoms with Crippen molar-refractivity contribution in [2.24, 2.45) is 5.92 Å². The number of hydrogen-bond acceptors (Lipinski definition) is 5. The molecule has 1 fully saturated rings. The third-order valence-electron chi connectivity index (χ3n) is 3.34. The van der Waals surface area contributed by atoms with E-state index in [-0.39, 0.29) is 6.09 Å². The van der Waals surface area contributed by atoms with Crippen molar-refractivity contribution in [3.8, 4) is 0 Å². The molecule has 7 heteroatoms. The van der Waals surface area contributed by atoms with Gasteiger partial charge in [-0.25, -0.2) is 14.8 Å².